The Bertz CT molecular complexity index is 1430. The molecule has 156 valence electrons. The predicted molar refractivity (Wildman–Crippen MR) is 127 cm³/mol. The molecule has 0 saturated heterocycles. The van der Waals surface area contributed by atoms with E-state index in [1.807, 2.05) is 59.4 Å². The lowest BCUT2D eigenvalue weighted by molar-refractivity contribution is 0.462. The summed E-state index contributed by atoms with van der Waals surface area (Å²) in [5, 5.41) is 5.64. The summed E-state index contributed by atoms with van der Waals surface area (Å²) < 4.78 is 8.07. The lowest BCUT2D eigenvalue weighted by atomic mass is 10.2. The van der Waals surface area contributed by atoms with E-state index in [2.05, 4.69) is 63.3 Å². The van der Waals surface area contributed by atoms with Gasteiger partial charge in [0.05, 0.1) is 35.4 Å². The van der Waals surface area contributed by atoms with Crippen molar-refractivity contribution in [3.63, 3.8) is 0 Å². The van der Waals surface area contributed by atoms with Crippen LogP contribution in [0.25, 0.3) is 16.6 Å². The van der Waals surface area contributed by atoms with Gasteiger partial charge in [0.15, 0.2) is 0 Å². The molecule has 0 aliphatic carbocycles. The Kier molecular flexibility index (Phi) is 4.28. The smallest absolute Gasteiger partial charge is 0.221 e. The van der Waals surface area contributed by atoms with E-state index < -0.39 is 0 Å². The van der Waals surface area contributed by atoms with Crippen molar-refractivity contribution in [1.29, 1.82) is 0 Å². The Morgan fingerprint density at radius 3 is 2.59 bits per heavy atom. The summed E-state index contributed by atoms with van der Waals surface area (Å²) in [7, 11) is 2.10. The van der Waals surface area contributed by atoms with Crippen LogP contribution in [0.4, 0.5) is 17.1 Å². The molecular formula is C26H21N5O. The lowest BCUT2D eigenvalue weighted by Crippen LogP contribution is -2.23. The van der Waals surface area contributed by atoms with E-state index in [4.69, 9.17) is 4.74 Å². The lowest BCUT2D eigenvalue weighted by Gasteiger charge is -2.20. The number of para-hydroxylation sites is 3. The van der Waals surface area contributed by atoms with E-state index in [1.165, 1.54) is 11.4 Å². The Morgan fingerprint density at radius 1 is 0.812 bits per heavy atom. The first-order chi connectivity index (χ1) is 15.8. The van der Waals surface area contributed by atoms with Gasteiger partial charge in [0.1, 0.15) is 5.75 Å². The molecule has 0 spiro atoms. The van der Waals surface area contributed by atoms with Crippen molar-refractivity contribution in [2.75, 3.05) is 23.5 Å². The van der Waals surface area contributed by atoms with E-state index in [1.54, 1.807) is 6.20 Å². The van der Waals surface area contributed by atoms with E-state index in [9.17, 15) is 0 Å². The van der Waals surface area contributed by atoms with E-state index in [-0.39, 0.29) is 0 Å². The molecule has 0 atom stereocenters. The van der Waals surface area contributed by atoms with Crippen LogP contribution in [0.2, 0.25) is 0 Å². The molecule has 0 radical (unpaired) electrons. The van der Waals surface area contributed by atoms with Crippen molar-refractivity contribution in [2.24, 2.45) is 0 Å². The molecule has 6 rings (SSSR count). The molecule has 5 aromatic rings. The third kappa shape index (κ3) is 3.13. The van der Waals surface area contributed by atoms with Crippen LogP contribution in [0.5, 0.6) is 11.6 Å². The number of benzene rings is 3. The minimum atomic E-state index is 0.553. The maximum atomic E-state index is 6.15. The zero-order chi connectivity index (χ0) is 21.5. The van der Waals surface area contributed by atoms with Crippen molar-refractivity contribution in [1.82, 2.24) is 14.8 Å². The number of aromatic nitrogens is 3. The molecule has 3 aromatic carbocycles. The van der Waals surface area contributed by atoms with Gasteiger partial charge in [0, 0.05) is 36.5 Å². The first-order valence-corrected chi connectivity index (χ1v) is 10.5. The second-order valence-corrected chi connectivity index (χ2v) is 7.82. The predicted octanol–water partition coefficient (Wildman–Crippen LogP) is 5.76. The first kappa shape index (κ1) is 18.4. The van der Waals surface area contributed by atoms with Gasteiger partial charge >= 0.3 is 0 Å². The van der Waals surface area contributed by atoms with Gasteiger partial charge in [0.2, 0.25) is 5.88 Å². The molecule has 0 bridgehead atoms. The average Bonchev–Trinajstić information content (AvgIpc) is 3.41. The molecule has 1 aliphatic rings. The summed E-state index contributed by atoms with van der Waals surface area (Å²) >= 11 is 0. The number of ether oxygens (including phenoxy) is 1. The molecule has 0 fully saturated rings. The summed E-state index contributed by atoms with van der Waals surface area (Å²) in [6, 6.07) is 28.4. The molecule has 0 saturated carbocycles. The van der Waals surface area contributed by atoms with Gasteiger partial charge in [-0.15, -0.1) is 0 Å². The average molecular weight is 419 g/mol. The van der Waals surface area contributed by atoms with Gasteiger partial charge in [-0.2, -0.15) is 5.10 Å². The third-order valence-electron chi connectivity index (χ3n) is 5.73. The number of anilines is 3. The van der Waals surface area contributed by atoms with Crippen LogP contribution in [-0.4, -0.2) is 28.5 Å². The van der Waals surface area contributed by atoms with Gasteiger partial charge in [-0.1, -0.05) is 36.4 Å². The fourth-order valence-electron chi connectivity index (χ4n) is 4.20. The second kappa shape index (κ2) is 7.42. The largest absolute Gasteiger partial charge is 0.439 e. The van der Waals surface area contributed by atoms with Crippen LogP contribution >= 0.6 is 0 Å². The SMILES string of the molecule is CN1CN(c2ccnc(Oc3cccc(-n4ncc5ccccc54)c3)c2)c2ccccc21. The maximum absolute atomic E-state index is 6.15. The number of hydrogen-bond acceptors (Lipinski definition) is 5. The summed E-state index contributed by atoms with van der Waals surface area (Å²) in [4.78, 5) is 8.93. The van der Waals surface area contributed by atoms with Crippen LogP contribution in [-0.2, 0) is 0 Å². The fraction of sp³-hybridized carbons (Fsp3) is 0.0769. The highest BCUT2D eigenvalue weighted by atomic mass is 16.5. The number of rotatable bonds is 4. The molecule has 2 aromatic heterocycles. The minimum Gasteiger partial charge on any atom is -0.439 e. The van der Waals surface area contributed by atoms with Crippen molar-refractivity contribution < 1.29 is 4.74 Å². The first-order valence-electron chi connectivity index (χ1n) is 10.5. The Balaban J connectivity index is 1.30. The topological polar surface area (TPSA) is 46.4 Å². The Hall–Kier alpha value is -4.32. The van der Waals surface area contributed by atoms with Crippen LogP contribution in [0.15, 0.2) is 97.3 Å². The van der Waals surface area contributed by atoms with Crippen molar-refractivity contribution in [3.05, 3.63) is 97.3 Å². The number of nitrogens with zero attached hydrogens (tertiary/aromatic N) is 5. The van der Waals surface area contributed by atoms with Crippen molar-refractivity contribution >= 4 is 28.0 Å². The number of fused-ring (bicyclic) bond motifs is 2. The highest BCUT2D eigenvalue weighted by Crippen LogP contribution is 2.40. The normalized spacial score (nSPS) is 12.9. The molecule has 1 aliphatic heterocycles. The van der Waals surface area contributed by atoms with Crippen molar-refractivity contribution in [2.45, 2.75) is 0 Å². The molecule has 32 heavy (non-hydrogen) atoms. The van der Waals surface area contributed by atoms with Crippen LogP contribution in [0, 0.1) is 0 Å². The summed E-state index contributed by atoms with van der Waals surface area (Å²) in [5.41, 5.74) is 5.43. The monoisotopic (exact) mass is 419 g/mol. The Morgan fingerprint density at radius 2 is 1.66 bits per heavy atom. The molecule has 0 N–H and O–H groups in total. The fourth-order valence-corrected chi connectivity index (χ4v) is 4.20. The van der Waals surface area contributed by atoms with Gasteiger partial charge in [-0.3, -0.25) is 0 Å². The van der Waals surface area contributed by atoms with Crippen LogP contribution in [0.3, 0.4) is 0 Å². The maximum Gasteiger partial charge on any atom is 0.221 e. The second-order valence-electron chi connectivity index (χ2n) is 7.82. The molecule has 6 heteroatoms. The minimum absolute atomic E-state index is 0.553. The highest BCUT2D eigenvalue weighted by molar-refractivity contribution is 5.82. The van der Waals surface area contributed by atoms with Crippen LogP contribution in [0.1, 0.15) is 0 Å². The zero-order valence-corrected chi connectivity index (χ0v) is 17.6. The molecule has 3 heterocycles. The van der Waals surface area contributed by atoms with Gasteiger partial charge in [-0.25, -0.2) is 9.67 Å². The number of hydrogen-bond donors (Lipinski definition) is 0. The van der Waals surface area contributed by atoms with E-state index >= 15 is 0 Å². The standard InChI is InChI=1S/C26H21N5O/c1-29-18-30(25-12-5-4-11-24(25)29)20-13-14-27-26(16-20)32-22-9-6-8-21(15-22)31-23-10-3-2-7-19(23)17-28-31/h2-17H,18H2,1H3. The van der Waals surface area contributed by atoms with Crippen LogP contribution < -0.4 is 14.5 Å². The molecular weight excluding hydrogens is 398 g/mol. The van der Waals surface area contributed by atoms with Gasteiger partial charge in [0.25, 0.3) is 0 Å². The Labute approximate surface area is 185 Å². The number of pyridine rings is 1. The zero-order valence-electron chi connectivity index (χ0n) is 17.6. The van der Waals surface area contributed by atoms with Crippen molar-refractivity contribution in [3.8, 4) is 17.3 Å². The quantitative estimate of drug-likeness (QED) is 0.371. The van der Waals surface area contributed by atoms with E-state index in [0.717, 1.165) is 28.9 Å². The molecule has 0 unspecified atom stereocenters. The van der Waals surface area contributed by atoms with Gasteiger partial charge < -0.3 is 14.5 Å². The molecule has 0 amide bonds. The van der Waals surface area contributed by atoms with Gasteiger partial charge in [-0.05, 0) is 36.4 Å². The highest BCUT2D eigenvalue weighted by Gasteiger charge is 2.24. The summed E-state index contributed by atoms with van der Waals surface area (Å²) in [5.74, 6) is 1.27. The third-order valence-corrected chi connectivity index (χ3v) is 5.73. The molecule has 6 nitrogen and oxygen atoms in total. The summed E-state index contributed by atoms with van der Waals surface area (Å²) in [6.45, 7) is 0.782. The summed E-state index contributed by atoms with van der Waals surface area (Å²) in [6.07, 6.45) is 3.66. The van der Waals surface area contributed by atoms with E-state index in [0.29, 0.717) is 11.6 Å².